The van der Waals surface area contributed by atoms with E-state index in [-0.39, 0.29) is 19.1 Å². The summed E-state index contributed by atoms with van der Waals surface area (Å²) in [6, 6.07) is -0.731. The Morgan fingerprint density at radius 1 is 1.50 bits per heavy atom. The van der Waals surface area contributed by atoms with Crippen LogP contribution in [0, 0.1) is 0 Å². The zero-order valence-corrected chi connectivity index (χ0v) is 8.93. The fourth-order valence-corrected chi connectivity index (χ4v) is 1.52. The Morgan fingerprint density at radius 3 is 2.75 bits per heavy atom. The molecule has 16 heavy (non-hydrogen) atoms. The van der Waals surface area contributed by atoms with E-state index < -0.39 is 24.3 Å². The number of morpholine rings is 1. The van der Waals surface area contributed by atoms with Gasteiger partial charge in [0.2, 0.25) is 11.8 Å². The standard InChI is InChI=1S/C9H14N2O5/c1-10-9(15)6-5-16-3-2-11(6)7(12)4-8(13)14/h6H,2-5H2,1H3,(H,10,15)(H,13,14). The Kier molecular flexibility index (Phi) is 4.24. The van der Waals surface area contributed by atoms with E-state index in [1.54, 1.807) is 0 Å². The number of ether oxygens (including phenoxy) is 1. The molecule has 0 saturated carbocycles. The summed E-state index contributed by atoms with van der Waals surface area (Å²) in [5.74, 6) is -2.12. The molecule has 1 fully saturated rings. The summed E-state index contributed by atoms with van der Waals surface area (Å²) in [5.41, 5.74) is 0. The maximum Gasteiger partial charge on any atom is 0.312 e. The van der Waals surface area contributed by atoms with Crippen molar-refractivity contribution in [2.45, 2.75) is 12.5 Å². The molecule has 0 radical (unpaired) electrons. The smallest absolute Gasteiger partial charge is 0.312 e. The van der Waals surface area contributed by atoms with Crippen LogP contribution >= 0.6 is 0 Å². The third kappa shape index (κ3) is 2.93. The lowest BCUT2D eigenvalue weighted by Crippen LogP contribution is -2.55. The molecule has 0 aliphatic carbocycles. The SMILES string of the molecule is CNC(=O)C1COCCN1C(=O)CC(=O)O. The van der Waals surface area contributed by atoms with Gasteiger partial charge in [0.15, 0.2) is 0 Å². The lowest BCUT2D eigenvalue weighted by atomic mass is 10.2. The zero-order chi connectivity index (χ0) is 12.1. The van der Waals surface area contributed by atoms with E-state index in [0.29, 0.717) is 6.61 Å². The molecular formula is C9H14N2O5. The maximum absolute atomic E-state index is 11.5. The average molecular weight is 230 g/mol. The van der Waals surface area contributed by atoms with Gasteiger partial charge in [-0.3, -0.25) is 14.4 Å². The van der Waals surface area contributed by atoms with Crippen molar-refractivity contribution >= 4 is 17.8 Å². The molecule has 1 aliphatic heterocycles. The summed E-state index contributed by atoms with van der Waals surface area (Å²) in [6.07, 6.45) is -0.604. The molecule has 1 aliphatic rings. The highest BCUT2D eigenvalue weighted by Gasteiger charge is 2.32. The molecule has 2 amide bonds. The minimum Gasteiger partial charge on any atom is -0.481 e. The van der Waals surface area contributed by atoms with Gasteiger partial charge in [0.25, 0.3) is 0 Å². The van der Waals surface area contributed by atoms with Gasteiger partial charge in [-0.05, 0) is 0 Å². The minimum atomic E-state index is -1.20. The molecule has 1 heterocycles. The first kappa shape index (κ1) is 12.4. The van der Waals surface area contributed by atoms with Gasteiger partial charge in [-0.2, -0.15) is 0 Å². The summed E-state index contributed by atoms with van der Waals surface area (Å²) in [7, 11) is 1.46. The lowest BCUT2D eigenvalue weighted by Gasteiger charge is -2.33. The summed E-state index contributed by atoms with van der Waals surface area (Å²) in [4.78, 5) is 34.6. The van der Waals surface area contributed by atoms with Crippen molar-refractivity contribution in [2.24, 2.45) is 0 Å². The average Bonchev–Trinajstić information content (AvgIpc) is 2.27. The van der Waals surface area contributed by atoms with Crippen molar-refractivity contribution < 1.29 is 24.2 Å². The van der Waals surface area contributed by atoms with Gasteiger partial charge in [0, 0.05) is 13.6 Å². The van der Waals surface area contributed by atoms with E-state index in [9.17, 15) is 14.4 Å². The molecule has 1 saturated heterocycles. The molecule has 90 valence electrons. The molecule has 0 aromatic carbocycles. The van der Waals surface area contributed by atoms with Crippen molar-refractivity contribution in [3.63, 3.8) is 0 Å². The second-order valence-corrected chi connectivity index (χ2v) is 3.36. The lowest BCUT2D eigenvalue weighted by molar-refractivity contribution is -0.153. The van der Waals surface area contributed by atoms with Crippen LogP contribution in [0.15, 0.2) is 0 Å². The van der Waals surface area contributed by atoms with Crippen molar-refractivity contribution in [3.05, 3.63) is 0 Å². The van der Waals surface area contributed by atoms with Crippen LogP contribution in [0.2, 0.25) is 0 Å². The highest BCUT2D eigenvalue weighted by atomic mass is 16.5. The van der Waals surface area contributed by atoms with Crippen LogP contribution in [0.1, 0.15) is 6.42 Å². The molecule has 2 N–H and O–H groups in total. The molecule has 0 aromatic rings. The second-order valence-electron chi connectivity index (χ2n) is 3.36. The predicted molar refractivity (Wildman–Crippen MR) is 52.6 cm³/mol. The minimum absolute atomic E-state index is 0.102. The van der Waals surface area contributed by atoms with Gasteiger partial charge in [-0.25, -0.2) is 0 Å². The van der Waals surface area contributed by atoms with Gasteiger partial charge >= 0.3 is 5.97 Å². The van der Waals surface area contributed by atoms with Crippen LogP contribution in [-0.2, 0) is 19.1 Å². The van der Waals surface area contributed by atoms with Gasteiger partial charge in [-0.15, -0.1) is 0 Å². The number of amides is 2. The molecule has 1 atom stereocenters. The number of rotatable bonds is 3. The summed E-state index contributed by atoms with van der Waals surface area (Å²) >= 11 is 0. The molecule has 7 nitrogen and oxygen atoms in total. The van der Waals surface area contributed by atoms with E-state index in [1.807, 2.05) is 0 Å². The Balaban J connectivity index is 2.69. The quantitative estimate of drug-likeness (QED) is 0.571. The Bertz CT molecular complexity index is 304. The fraction of sp³-hybridized carbons (Fsp3) is 0.667. The third-order valence-electron chi connectivity index (χ3n) is 2.30. The number of carbonyl (C=O) groups is 3. The molecule has 0 spiro atoms. The molecule has 7 heteroatoms. The molecular weight excluding hydrogens is 216 g/mol. The van der Waals surface area contributed by atoms with Crippen molar-refractivity contribution in [2.75, 3.05) is 26.8 Å². The largest absolute Gasteiger partial charge is 0.481 e. The number of carbonyl (C=O) groups excluding carboxylic acids is 2. The van der Waals surface area contributed by atoms with Crippen molar-refractivity contribution in [3.8, 4) is 0 Å². The van der Waals surface area contributed by atoms with Gasteiger partial charge in [0.05, 0.1) is 13.2 Å². The normalized spacial score (nSPS) is 20.3. The van der Waals surface area contributed by atoms with E-state index in [4.69, 9.17) is 9.84 Å². The molecule has 0 bridgehead atoms. The van der Waals surface area contributed by atoms with E-state index in [2.05, 4.69) is 5.32 Å². The highest BCUT2D eigenvalue weighted by molar-refractivity contribution is 5.96. The van der Waals surface area contributed by atoms with Crippen molar-refractivity contribution in [1.82, 2.24) is 10.2 Å². The number of carboxylic acid groups (broad SMARTS) is 1. The summed E-state index contributed by atoms with van der Waals surface area (Å²) in [5, 5.41) is 10.9. The Morgan fingerprint density at radius 2 is 2.19 bits per heavy atom. The first-order valence-corrected chi connectivity index (χ1v) is 4.87. The zero-order valence-electron chi connectivity index (χ0n) is 8.93. The van der Waals surface area contributed by atoms with E-state index in [0.717, 1.165) is 0 Å². The monoisotopic (exact) mass is 230 g/mol. The van der Waals surface area contributed by atoms with Crippen LogP contribution in [0.5, 0.6) is 0 Å². The Labute approximate surface area is 92.4 Å². The second kappa shape index (κ2) is 5.45. The first-order chi connectivity index (χ1) is 7.56. The van der Waals surface area contributed by atoms with Crippen molar-refractivity contribution in [1.29, 1.82) is 0 Å². The number of aliphatic carboxylic acids is 1. The van der Waals surface area contributed by atoms with Gasteiger partial charge in [-0.1, -0.05) is 0 Å². The number of hydrogen-bond donors (Lipinski definition) is 2. The van der Waals surface area contributed by atoms with Crippen LogP contribution in [-0.4, -0.2) is 60.6 Å². The predicted octanol–water partition coefficient (Wildman–Crippen LogP) is -1.57. The fourth-order valence-electron chi connectivity index (χ4n) is 1.52. The van der Waals surface area contributed by atoms with Crippen LogP contribution in [0.4, 0.5) is 0 Å². The van der Waals surface area contributed by atoms with E-state index in [1.165, 1.54) is 11.9 Å². The molecule has 0 aromatic heterocycles. The van der Waals surface area contributed by atoms with E-state index >= 15 is 0 Å². The van der Waals surface area contributed by atoms with Crippen LogP contribution in [0.25, 0.3) is 0 Å². The first-order valence-electron chi connectivity index (χ1n) is 4.87. The third-order valence-corrected chi connectivity index (χ3v) is 2.30. The molecule has 1 rings (SSSR count). The highest BCUT2D eigenvalue weighted by Crippen LogP contribution is 2.09. The maximum atomic E-state index is 11.5. The summed E-state index contributed by atoms with van der Waals surface area (Å²) < 4.78 is 5.09. The van der Waals surface area contributed by atoms with Crippen LogP contribution < -0.4 is 5.32 Å². The molecule has 1 unspecified atom stereocenters. The van der Waals surface area contributed by atoms with Gasteiger partial charge < -0.3 is 20.1 Å². The number of hydrogen-bond acceptors (Lipinski definition) is 4. The van der Waals surface area contributed by atoms with Gasteiger partial charge in [0.1, 0.15) is 12.5 Å². The summed E-state index contributed by atoms with van der Waals surface area (Å²) in [6.45, 7) is 0.661. The number of likely N-dealkylation sites (N-methyl/N-ethyl adjacent to an activating group) is 1. The van der Waals surface area contributed by atoms with Crippen LogP contribution in [0.3, 0.4) is 0 Å². The number of nitrogens with one attached hydrogen (secondary N) is 1. The Hall–Kier alpha value is -1.63. The topological polar surface area (TPSA) is 95.9 Å². The number of carboxylic acids is 1. The number of nitrogens with zero attached hydrogens (tertiary/aromatic N) is 1.